The molecule has 0 bridgehead atoms. The minimum absolute atomic E-state index is 0.240. The lowest BCUT2D eigenvalue weighted by atomic mass is 10.0. The number of nitrogens with one attached hydrogen (secondary N) is 1. The Morgan fingerprint density at radius 3 is 2.42 bits per heavy atom. The van der Waals surface area contributed by atoms with Gasteiger partial charge in [-0.15, -0.1) is 0 Å². The summed E-state index contributed by atoms with van der Waals surface area (Å²) in [4.78, 5) is 24.5. The molecule has 24 heavy (non-hydrogen) atoms. The van der Waals surface area contributed by atoms with Crippen LogP contribution in [0.15, 0.2) is 30.3 Å². The minimum atomic E-state index is -4.88. The molecule has 1 aliphatic heterocycles. The van der Waals surface area contributed by atoms with E-state index in [-0.39, 0.29) is 31.8 Å². The van der Waals surface area contributed by atoms with Crippen molar-refractivity contribution in [3.8, 4) is 0 Å². The van der Waals surface area contributed by atoms with Gasteiger partial charge in [-0.1, -0.05) is 29.8 Å². The van der Waals surface area contributed by atoms with Crippen molar-refractivity contribution in [2.75, 3.05) is 13.1 Å². The molecule has 1 aliphatic rings. The summed E-state index contributed by atoms with van der Waals surface area (Å²) in [7, 11) is 0. The van der Waals surface area contributed by atoms with Crippen LogP contribution in [0.1, 0.15) is 18.4 Å². The molecule has 0 spiro atoms. The zero-order valence-electron chi connectivity index (χ0n) is 12.6. The molecule has 1 heterocycles. The van der Waals surface area contributed by atoms with Crippen LogP contribution in [0.3, 0.4) is 0 Å². The number of nitrogens with zero attached hydrogens (tertiary/aromatic N) is 1. The Hall–Kier alpha value is -2.02. The summed E-state index contributed by atoms with van der Waals surface area (Å²) in [5.74, 6) is -2.18. The molecule has 2 amide bonds. The Labute approximate surface area is 142 Å². The van der Waals surface area contributed by atoms with E-state index >= 15 is 0 Å². The second-order valence-electron chi connectivity index (χ2n) is 5.43. The summed E-state index contributed by atoms with van der Waals surface area (Å²) < 4.78 is 36.6. The van der Waals surface area contributed by atoms with Gasteiger partial charge in [-0.25, -0.2) is 0 Å². The van der Waals surface area contributed by atoms with E-state index in [4.69, 9.17) is 11.6 Å². The van der Waals surface area contributed by atoms with Crippen molar-refractivity contribution in [3.63, 3.8) is 0 Å². The minimum Gasteiger partial charge on any atom is -0.345 e. The first-order valence-electron chi connectivity index (χ1n) is 7.36. The highest BCUT2D eigenvalue weighted by molar-refractivity contribution is 6.32. The summed E-state index contributed by atoms with van der Waals surface area (Å²) in [5.41, 5.74) is 0.708. The lowest BCUT2D eigenvalue weighted by Crippen LogP contribution is -2.49. The third-order valence-electron chi connectivity index (χ3n) is 3.71. The Morgan fingerprint density at radius 1 is 1.21 bits per heavy atom. The largest absolute Gasteiger partial charge is 0.471 e. The molecular formula is C16H16ClF3N2O2. The van der Waals surface area contributed by atoms with Crippen LogP contribution in [-0.4, -0.2) is 42.0 Å². The number of alkyl halides is 3. The maximum absolute atomic E-state index is 12.2. The number of amides is 2. The van der Waals surface area contributed by atoms with Crippen LogP contribution in [0, 0.1) is 0 Å². The number of hydrogen-bond donors (Lipinski definition) is 1. The van der Waals surface area contributed by atoms with Crippen LogP contribution in [0.2, 0.25) is 5.02 Å². The number of likely N-dealkylation sites (tertiary alicyclic amines) is 1. The molecule has 0 aromatic heterocycles. The summed E-state index contributed by atoms with van der Waals surface area (Å²) in [5, 5.41) is 2.47. The number of benzene rings is 1. The number of carbonyl (C=O) groups is 2. The van der Waals surface area contributed by atoms with E-state index in [0.29, 0.717) is 10.6 Å². The molecular weight excluding hydrogens is 345 g/mol. The fourth-order valence-corrected chi connectivity index (χ4v) is 2.59. The molecule has 0 aliphatic carbocycles. The lowest BCUT2D eigenvalue weighted by Gasteiger charge is -2.31. The zero-order chi connectivity index (χ0) is 17.7. The maximum atomic E-state index is 12.2. The van der Waals surface area contributed by atoms with Gasteiger partial charge in [0.15, 0.2) is 0 Å². The second-order valence-corrected chi connectivity index (χ2v) is 5.83. The molecule has 1 saturated heterocycles. The van der Waals surface area contributed by atoms with E-state index in [1.165, 1.54) is 11.0 Å². The van der Waals surface area contributed by atoms with Gasteiger partial charge in [0.1, 0.15) is 0 Å². The van der Waals surface area contributed by atoms with Gasteiger partial charge in [0.25, 0.3) is 0 Å². The van der Waals surface area contributed by atoms with E-state index in [2.05, 4.69) is 0 Å². The van der Waals surface area contributed by atoms with Gasteiger partial charge in [0.05, 0.1) is 0 Å². The highest BCUT2D eigenvalue weighted by Gasteiger charge is 2.40. The van der Waals surface area contributed by atoms with Crippen LogP contribution < -0.4 is 5.32 Å². The average Bonchev–Trinajstić information content (AvgIpc) is 2.53. The maximum Gasteiger partial charge on any atom is 0.471 e. The van der Waals surface area contributed by atoms with Crippen LogP contribution in [0.4, 0.5) is 13.2 Å². The van der Waals surface area contributed by atoms with Crippen molar-refractivity contribution in [2.24, 2.45) is 0 Å². The van der Waals surface area contributed by atoms with Gasteiger partial charge in [0.2, 0.25) is 5.91 Å². The van der Waals surface area contributed by atoms with Gasteiger partial charge < -0.3 is 10.2 Å². The number of rotatable bonds is 3. The number of piperidine rings is 1. The van der Waals surface area contributed by atoms with Gasteiger partial charge in [0, 0.05) is 30.2 Å². The Kier molecular flexibility index (Phi) is 5.88. The topological polar surface area (TPSA) is 49.4 Å². The fraction of sp³-hybridized carbons (Fsp3) is 0.375. The van der Waals surface area contributed by atoms with Gasteiger partial charge in [-0.05, 0) is 30.5 Å². The Morgan fingerprint density at radius 2 is 1.83 bits per heavy atom. The molecule has 4 nitrogen and oxygen atoms in total. The van der Waals surface area contributed by atoms with E-state index < -0.39 is 18.1 Å². The lowest BCUT2D eigenvalue weighted by molar-refractivity contribution is -0.174. The first-order chi connectivity index (χ1) is 11.3. The molecule has 2 rings (SSSR count). The number of halogens is 4. The smallest absolute Gasteiger partial charge is 0.345 e. The van der Waals surface area contributed by atoms with E-state index in [1.807, 2.05) is 5.32 Å². The average molecular weight is 361 g/mol. The van der Waals surface area contributed by atoms with Crippen LogP contribution in [0.5, 0.6) is 0 Å². The molecule has 1 aromatic rings. The molecule has 0 atom stereocenters. The predicted molar refractivity (Wildman–Crippen MR) is 84.3 cm³/mol. The molecule has 130 valence electrons. The van der Waals surface area contributed by atoms with Crippen molar-refractivity contribution in [2.45, 2.75) is 25.1 Å². The number of hydrogen-bond acceptors (Lipinski definition) is 2. The highest BCUT2D eigenvalue weighted by atomic mass is 35.5. The quantitative estimate of drug-likeness (QED) is 0.842. The van der Waals surface area contributed by atoms with Crippen molar-refractivity contribution < 1.29 is 22.8 Å². The fourth-order valence-electron chi connectivity index (χ4n) is 2.39. The zero-order valence-corrected chi connectivity index (χ0v) is 13.4. The molecule has 0 unspecified atom stereocenters. The highest BCUT2D eigenvalue weighted by Crippen LogP contribution is 2.19. The molecule has 1 N–H and O–H groups in total. The van der Waals surface area contributed by atoms with Crippen LogP contribution >= 0.6 is 11.6 Å². The van der Waals surface area contributed by atoms with E-state index in [0.717, 1.165) is 0 Å². The molecule has 0 radical (unpaired) electrons. The Balaban J connectivity index is 1.85. The standard InChI is InChI=1S/C16H16ClF3N2O2/c17-13-4-2-1-3-11(13)5-6-14(23)22-9-7-12(8-10-22)21-15(24)16(18,19)20/h1-6,12H,7-10H2,(H,21,24)/b6-5+. The Bertz CT molecular complexity index is 638. The van der Waals surface area contributed by atoms with Crippen LogP contribution in [0.25, 0.3) is 6.08 Å². The summed E-state index contributed by atoms with van der Waals surface area (Å²) in [6.07, 6.45) is -1.33. The van der Waals surface area contributed by atoms with Crippen molar-refractivity contribution in [1.82, 2.24) is 10.2 Å². The predicted octanol–water partition coefficient (Wildman–Crippen LogP) is 3.02. The van der Waals surface area contributed by atoms with E-state index in [1.54, 1.807) is 30.3 Å². The monoisotopic (exact) mass is 360 g/mol. The molecule has 1 aromatic carbocycles. The second kappa shape index (κ2) is 7.70. The third-order valence-corrected chi connectivity index (χ3v) is 4.05. The summed E-state index contributed by atoms with van der Waals surface area (Å²) in [6.45, 7) is 0.572. The van der Waals surface area contributed by atoms with Crippen molar-refractivity contribution in [1.29, 1.82) is 0 Å². The normalized spacial score (nSPS) is 16.4. The summed E-state index contributed by atoms with van der Waals surface area (Å²) >= 11 is 5.99. The molecule has 8 heteroatoms. The summed E-state index contributed by atoms with van der Waals surface area (Å²) in [6, 6.07) is 6.48. The molecule has 1 fully saturated rings. The number of carbonyl (C=O) groups excluding carboxylic acids is 2. The first kappa shape index (κ1) is 18.3. The SMILES string of the molecule is O=C(/C=C/c1ccccc1Cl)N1CCC(NC(=O)C(F)(F)F)CC1. The van der Waals surface area contributed by atoms with E-state index in [9.17, 15) is 22.8 Å². The van der Waals surface area contributed by atoms with Crippen LogP contribution in [-0.2, 0) is 9.59 Å². The third kappa shape index (κ3) is 4.99. The van der Waals surface area contributed by atoms with Gasteiger partial charge in [-0.2, -0.15) is 13.2 Å². The van der Waals surface area contributed by atoms with Gasteiger partial charge in [-0.3, -0.25) is 9.59 Å². The van der Waals surface area contributed by atoms with Gasteiger partial charge >= 0.3 is 12.1 Å². The molecule has 0 saturated carbocycles. The van der Waals surface area contributed by atoms with Crippen molar-refractivity contribution >= 4 is 29.5 Å². The first-order valence-corrected chi connectivity index (χ1v) is 7.74. The van der Waals surface area contributed by atoms with Crippen molar-refractivity contribution in [3.05, 3.63) is 40.9 Å².